The third-order valence-corrected chi connectivity index (χ3v) is 6.69. The van der Waals surface area contributed by atoms with Crippen molar-refractivity contribution >= 4 is 29.1 Å². The predicted molar refractivity (Wildman–Crippen MR) is 148 cm³/mol. The maximum Gasteiger partial charge on any atom is 0.369 e. The molecule has 15 nitrogen and oxygen atoms in total. The Morgan fingerprint density at radius 1 is 1.10 bits per heavy atom. The van der Waals surface area contributed by atoms with Crippen LogP contribution >= 0.6 is 0 Å². The van der Waals surface area contributed by atoms with E-state index >= 15 is 0 Å². The molecule has 1 aromatic carbocycles. The first-order valence-corrected chi connectivity index (χ1v) is 13.4. The lowest BCUT2D eigenvalue weighted by Gasteiger charge is -2.24. The van der Waals surface area contributed by atoms with Crippen molar-refractivity contribution in [3.63, 3.8) is 0 Å². The molecule has 2 aliphatic rings. The molecule has 1 aliphatic heterocycles. The summed E-state index contributed by atoms with van der Waals surface area (Å²) in [5.41, 5.74) is 0.665. The number of benzene rings is 1. The van der Waals surface area contributed by atoms with Crippen LogP contribution in [0.1, 0.15) is 50.0 Å². The van der Waals surface area contributed by atoms with E-state index in [2.05, 4.69) is 25.6 Å². The highest BCUT2D eigenvalue weighted by Gasteiger charge is 2.37. The second kappa shape index (κ2) is 12.4. The first-order valence-electron chi connectivity index (χ1n) is 13.4. The lowest BCUT2D eigenvalue weighted by atomic mass is 10.1. The lowest BCUT2D eigenvalue weighted by Crippen LogP contribution is -2.48. The molecule has 0 atom stereocenters. The van der Waals surface area contributed by atoms with Gasteiger partial charge in [0, 0.05) is 32.2 Å². The van der Waals surface area contributed by atoms with Crippen LogP contribution in [-0.2, 0) is 7.05 Å². The summed E-state index contributed by atoms with van der Waals surface area (Å²) < 4.78 is 7.18. The van der Waals surface area contributed by atoms with Gasteiger partial charge in [0.05, 0.1) is 24.0 Å². The molecule has 2 aromatic heterocycles. The Hall–Kier alpha value is -4.34. The molecule has 0 radical (unpaired) electrons. The van der Waals surface area contributed by atoms with Crippen molar-refractivity contribution in [1.82, 2.24) is 35.2 Å². The summed E-state index contributed by atoms with van der Waals surface area (Å²) in [7, 11) is 3.20. The number of urea groups is 1. The number of methoxy groups -OCH3 is 1. The molecule has 5 N–H and O–H groups in total. The van der Waals surface area contributed by atoms with Crippen molar-refractivity contribution in [1.29, 1.82) is 0 Å². The minimum Gasteiger partial charge on any atom is -0.494 e. The number of ether oxygens (including phenoxy) is 1. The van der Waals surface area contributed by atoms with Gasteiger partial charge in [0.25, 0.3) is 5.91 Å². The van der Waals surface area contributed by atoms with Gasteiger partial charge in [-0.3, -0.25) is 19.7 Å². The molecule has 3 amide bonds. The third kappa shape index (κ3) is 6.53. The molecule has 0 spiro atoms. The molecular formula is C26H35N9O6. The van der Waals surface area contributed by atoms with E-state index in [9.17, 15) is 24.9 Å². The van der Waals surface area contributed by atoms with Gasteiger partial charge in [-0.15, -0.1) is 10.2 Å². The first-order chi connectivity index (χ1) is 19.6. The van der Waals surface area contributed by atoms with E-state index in [1.165, 1.54) is 18.1 Å². The van der Waals surface area contributed by atoms with Crippen molar-refractivity contribution in [2.45, 2.75) is 51.7 Å². The third-order valence-electron chi connectivity index (χ3n) is 6.69. The monoisotopic (exact) mass is 569 g/mol. The minimum absolute atomic E-state index is 0.0679. The molecule has 0 bridgehead atoms. The average molecular weight is 570 g/mol. The van der Waals surface area contributed by atoms with Gasteiger partial charge in [-0.1, -0.05) is 32.8 Å². The van der Waals surface area contributed by atoms with Crippen LogP contribution in [0.15, 0.2) is 30.6 Å². The fourth-order valence-electron chi connectivity index (χ4n) is 4.95. The SMILES string of the molecule is CC.COc1c(Nc2cc(N3CCN(C4CCCC4)C3=O)nnc2C(=O)NC(O)(O)O)cccc1-c1ncn(C)n1. The van der Waals surface area contributed by atoms with Gasteiger partial charge in [-0.2, -0.15) is 5.10 Å². The Morgan fingerprint density at radius 2 is 1.83 bits per heavy atom. The molecule has 1 saturated carbocycles. The number of amides is 3. The van der Waals surface area contributed by atoms with Crippen LogP contribution in [0, 0.1) is 0 Å². The summed E-state index contributed by atoms with van der Waals surface area (Å²) in [6, 6.07) is 6.63. The second-order valence-corrected chi connectivity index (χ2v) is 9.37. The zero-order chi connectivity index (χ0) is 29.7. The van der Waals surface area contributed by atoms with Crippen LogP contribution in [0.4, 0.5) is 22.0 Å². The molecule has 5 rings (SSSR count). The molecule has 41 heavy (non-hydrogen) atoms. The summed E-state index contributed by atoms with van der Waals surface area (Å²) in [4.78, 5) is 33.6. The Bertz CT molecular complexity index is 1380. The maximum atomic E-state index is 13.2. The Morgan fingerprint density at radius 3 is 2.46 bits per heavy atom. The first kappa shape index (κ1) is 29.6. The maximum absolute atomic E-state index is 13.2. The molecular weight excluding hydrogens is 534 g/mol. The van der Waals surface area contributed by atoms with E-state index in [1.807, 2.05) is 18.7 Å². The van der Waals surface area contributed by atoms with E-state index in [0.717, 1.165) is 25.7 Å². The molecule has 1 saturated heterocycles. The van der Waals surface area contributed by atoms with Crippen molar-refractivity contribution in [3.8, 4) is 17.1 Å². The van der Waals surface area contributed by atoms with Crippen molar-refractivity contribution < 1.29 is 29.6 Å². The van der Waals surface area contributed by atoms with Crippen LogP contribution in [0.5, 0.6) is 5.75 Å². The van der Waals surface area contributed by atoms with Gasteiger partial charge in [-0.05, 0) is 25.0 Å². The number of rotatable bonds is 8. The standard InChI is InChI=1S/C24H29N9O6.C2H6/c1-31-13-25-21(30-31)15-8-5-9-16(20(15)39-2)26-17-12-18(28-29-19(17)22(34)27-24(36,37)38)33-11-10-32(23(33)35)14-6-3-4-7-14;1-2/h5,8-9,12-14,36-38H,3-4,6-7,10-11H2,1-2H3,(H,26,28)(H,27,34);1-2H3. The summed E-state index contributed by atoms with van der Waals surface area (Å²) in [6.45, 7) is 4.94. The molecule has 15 heteroatoms. The van der Waals surface area contributed by atoms with Gasteiger partial charge in [0.15, 0.2) is 23.1 Å². The minimum atomic E-state index is -3.48. The fourth-order valence-corrected chi connectivity index (χ4v) is 4.95. The normalized spacial score (nSPS) is 15.5. The smallest absolute Gasteiger partial charge is 0.369 e. The summed E-state index contributed by atoms with van der Waals surface area (Å²) in [5.74, 6) is -0.168. The van der Waals surface area contributed by atoms with Crippen molar-refractivity contribution in [3.05, 3.63) is 36.3 Å². The molecule has 220 valence electrons. The molecule has 1 aliphatic carbocycles. The Labute approximate surface area is 236 Å². The number of anilines is 3. The number of aryl methyl sites for hydroxylation is 1. The van der Waals surface area contributed by atoms with Gasteiger partial charge in [0.1, 0.15) is 6.33 Å². The van der Waals surface area contributed by atoms with E-state index in [-0.39, 0.29) is 29.3 Å². The van der Waals surface area contributed by atoms with Crippen LogP contribution in [-0.4, -0.2) is 89.5 Å². The van der Waals surface area contributed by atoms with Gasteiger partial charge >= 0.3 is 12.1 Å². The Kier molecular flexibility index (Phi) is 9.00. The number of nitrogens with zero attached hydrogens (tertiary/aromatic N) is 7. The highest BCUT2D eigenvalue weighted by Crippen LogP contribution is 2.37. The molecule has 3 heterocycles. The second-order valence-electron chi connectivity index (χ2n) is 9.37. The Balaban J connectivity index is 0.00000189. The number of nitrogens with one attached hydrogen (secondary N) is 2. The predicted octanol–water partition coefficient (Wildman–Crippen LogP) is 1.55. The van der Waals surface area contributed by atoms with Crippen LogP contribution in [0.25, 0.3) is 11.4 Å². The highest BCUT2D eigenvalue weighted by atomic mass is 16.7. The highest BCUT2D eigenvalue weighted by molar-refractivity contribution is 6.00. The van der Waals surface area contributed by atoms with Crippen molar-refractivity contribution in [2.75, 3.05) is 30.4 Å². The summed E-state index contributed by atoms with van der Waals surface area (Å²) >= 11 is 0. The van der Waals surface area contributed by atoms with Crippen LogP contribution < -0.4 is 20.3 Å². The molecule has 3 aromatic rings. The lowest BCUT2D eigenvalue weighted by molar-refractivity contribution is -0.323. The molecule has 2 fully saturated rings. The zero-order valence-corrected chi connectivity index (χ0v) is 23.4. The number of aromatic nitrogens is 5. The van der Waals surface area contributed by atoms with E-state index in [1.54, 1.807) is 41.6 Å². The number of carbonyl (C=O) groups is 2. The number of aliphatic hydroxyl groups is 3. The van der Waals surface area contributed by atoms with Crippen molar-refractivity contribution in [2.24, 2.45) is 7.05 Å². The van der Waals surface area contributed by atoms with E-state index in [4.69, 9.17) is 4.74 Å². The zero-order valence-electron chi connectivity index (χ0n) is 23.4. The van der Waals surface area contributed by atoms with Gasteiger partial charge < -0.3 is 30.3 Å². The number of carbonyl (C=O) groups excluding carboxylic acids is 2. The average Bonchev–Trinajstić information content (AvgIpc) is 3.70. The fraction of sp³-hybridized carbons (Fsp3) is 0.462. The topological polar surface area (TPSA) is 191 Å². The summed E-state index contributed by atoms with van der Waals surface area (Å²) in [6.07, 6.45) is 2.16. The van der Waals surface area contributed by atoms with E-state index < -0.39 is 12.0 Å². The number of hydrogen-bond acceptors (Lipinski definition) is 11. The van der Waals surface area contributed by atoms with E-state index in [0.29, 0.717) is 35.9 Å². The van der Waals surface area contributed by atoms with Crippen LogP contribution in [0.2, 0.25) is 0 Å². The molecule has 0 unspecified atom stereocenters. The largest absolute Gasteiger partial charge is 0.494 e. The van der Waals surface area contributed by atoms with Gasteiger partial charge in [-0.25, -0.2) is 9.78 Å². The number of para-hydroxylation sites is 1. The quantitative estimate of drug-likeness (QED) is 0.247. The summed E-state index contributed by atoms with van der Waals surface area (Å²) in [5, 5.41) is 44.9. The van der Waals surface area contributed by atoms with Gasteiger partial charge in [0.2, 0.25) is 0 Å². The van der Waals surface area contributed by atoms with Crippen LogP contribution in [0.3, 0.4) is 0 Å². The number of hydrogen-bond donors (Lipinski definition) is 5.